The molecule has 146 valence electrons. The van der Waals surface area contributed by atoms with Crippen LogP contribution in [0.3, 0.4) is 0 Å². The van der Waals surface area contributed by atoms with Crippen LogP contribution in [0.1, 0.15) is 44.7 Å². The number of aliphatic imine (C=N–C) groups is 1. The summed E-state index contributed by atoms with van der Waals surface area (Å²) < 4.78 is 0. The minimum atomic E-state index is -0.269. The summed E-state index contributed by atoms with van der Waals surface area (Å²) in [5, 5.41) is 3.17. The van der Waals surface area contributed by atoms with E-state index in [-0.39, 0.29) is 48.9 Å². The molecule has 2 aromatic carbocycles. The Hall–Kier alpha value is -2.42. The fraction of sp³-hybridized carbons (Fsp3) is 0.286. The van der Waals surface area contributed by atoms with Crippen LogP contribution in [0.2, 0.25) is 0 Å². The molecule has 0 spiro atoms. The van der Waals surface area contributed by atoms with E-state index in [1.807, 2.05) is 12.1 Å². The smallest absolute Gasteiger partial charge is 0.261 e. The van der Waals surface area contributed by atoms with Crippen LogP contribution < -0.4 is 11.1 Å². The fourth-order valence-corrected chi connectivity index (χ4v) is 3.79. The topological polar surface area (TPSA) is 87.8 Å². The summed E-state index contributed by atoms with van der Waals surface area (Å²) in [7, 11) is 0. The van der Waals surface area contributed by atoms with Crippen molar-refractivity contribution in [1.82, 2.24) is 4.90 Å². The minimum absolute atomic E-state index is 0. The van der Waals surface area contributed by atoms with E-state index in [0.29, 0.717) is 17.1 Å². The van der Waals surface area contributed by atoms with Crippen molar-refractivity contribution in [2.75, 3.05) is 18.4 Å². The average molecular weight is 490 g/mol. The SMILES string of the molecule is I.NC(=NCCN1C(=O)c2ccccc2C1=O)Nc1cccc2c1CCCC2. The molecule has 2 amide bonds. The van der Waals surface area contributed by atoms with Gasteiger partial charge in [-0.05, 0) is 55.0 Å². The number of rotatable bonds is 4. The second-order valence-corrected chi connectivity index (χ2v) is 6.85. The lowest BCUT2D eigenvalue weighted by Crippen LogP contribution is -2.33. The molecule has 1 aliphatic heterocycles. The van der Waals surface area contributed by atoms with Gasteiger partial charge in [-0.3, -0.25) is 19.5 Å². The number of aryl methyl sites for hydroxylation is 1. The van der Waals surface area contributed by atoms with E-state index in [2.05, 4.69) is 16.4 Å². The molecule has 0 unspecified atom stereocenters. The van der Waals surface area contributed by atoms with Crippen LogP contribution in [0.15, 0.2) is 47.5 Å². The average Bonchev–Trinajstić information content (AvgIpc) is 2.93. The zero-order valence-electron chi connectivity index (χ0n) is 15.5. The first-order valence-electron chi connectivity index (χ1n) is 9.28. The number of nitrogens with zero attached hydrogens (tertiary/aromatic N) is 2. The molecule has 2 aliphatic rings. The van der Waals surface area contributed by atoms with Crippen molar-refractivity contribution >= 4 is 47.4 Å². The van der Waals surface area contributed by atoms with Gasteiger partial charge in [-0.25, -0.2) is 0 Å². The van der Waals surface area contributed by atoms with Crippen LogP contribution >= 0.6 is 24.0 Å². The maximum Gasteiger partial charge on any atom is 0.261 e. The van der Waals surface area contributed by atoms with Gasteiger partial charge < -0.3 is 11.1 Å². The third kappa shape index (κ3) is 3.89. The Morgan fingerprint density at radius 2 is 1.68 bits per heavy atom. The van der Waals surface area contributed by atoms with Gasteiger partial charge in [0.1, 0.15) is 0 Å². The number of guanidine groups is 1. The molecule has 2 aromatic rings. The van der Waals surface area contributed by atoms with Gasteiger partial charge in [0, 0.05) is 12.2 Å². The largest absolute Gasteiger partial charge is 0.370 e. The van der Waals surface area contributed by atoms with E-state index in [9.17, 15) is 9.59 Å². The molecule has 3 N–H and O–H groups in total. The standard InChI is InChI=1S/C21H22N4O2.HI/c22-21(24-18-11-5-7-14-6-1-2-8-15(14)18)23-12-13-25-19(26)16-9-3-4-10-17(16)20(25)27;/h3-5,7,9-11H,1-2,6,8,12-13H2,(H3,22,23,24);1H. The Balaban J connectivity index is 0.00000225. The number of carbonyl (C=O) groups is 2. The quantitative estimate of drug-likeness (QED) is 0.298. The zero-order chi connectivity index (χ0) is 18.8. The van der Waals surface area contributed by atoms with Crippen LogP contribution in [-0.4, -0.2) is 35.8 Å². The molecule has 28 heavy (non-hydrogen) atoms. The number of benzene rings is 2. The molecule has 0 fully saturated rings. The monoisotopic (exact) mass is 490 g/mol. The summed E-state index contributed by atoms with van der Waals surface area (Å²) in [6, 6.07) is 13.1. The third-order valence-corrected chi connectivity index (χ3v) is 5.14. The van der Waals surface area contributed by atoms with E-state index in [1.165, 1.54) is 28.9 Å². The maximum atomic E-state index is 12.3. The number of anilines is 1. The number of nitrogens with two attached hydrogens (primary N) is 1. The van der Waals surface area contributed by atoms with E-state index >= 15 is 0 Å². The van der Waals surface area contributed by atoms with Crippen molar-refractivity contribution in [3.8, 4) is 0 Å². The fourth-order valence-electron chi connectivity index (χ4n) is 3.79. The molecule has 0 radical (unpaired) electrons. The molecular weight excluding hydrogens is 467 g/mol. The highest BCUT2D eigenvalue weighted by atomic mass is 127. The number of hydrogen-bond acceptors (Lipinski definition) is 3. The summed E-state index contributed by atoms with van der Waals surface area (Å²) in [6.07, 6.45) is 4.55. The van der Waals surface area contributed by atoms with Crippen molar-refractivity contribution < 1.29 is 9.59 Å². The first kappa shape index (κ1) is 20.3. The van der Waals surface area contributed by atoms with Gasteiger partial charge >= 0.3 is 0 Å². The molecule has 0 atom stereocenters. The van der Waals surface area contributed by atoms with Gasteiger partial charge in [-0.15, -0.1) is 24.0 Å². The molecular formula is C21H23IN4O2. The number of nitrogens with one attached hydrogen (secondary N) is 1. The summed E-state index contributed by atoms with van der Waals surface area (Å²) in [4.78, 5) is 30.2. The molecule has 0 saturated carbocycles. The number of hydrogen-bond donors (Lipinski definition) is 2. The Kier molecular flexibility index (Phi) is 6.33. The van der Waals surface area contributed by atoms with E-state index in [0.717, 1.165) is 18.5 Å². The lowest BCUT2D eigenvalue weighted by Gasteiger charge is -2.20. The Labute approximate surface area is 181 Å². The predicted molar refractivity (Wildman–Crippen MR) is 120 cm³/mol. The van der Waals surface area contributed by atoms with Gasteiger partial charge in [0.05, 0.1) is 17.7 Å². The van der Waals surface area contributed by atoms with Crippen molar-refractivity contribution in [2.45, 2.75) is 25.7 Å². The molecule has 4 rings (SSSR count). The zero-order valence-corrected chi connectivity index (χ0v) is 17.8. The van der Waals surface area contributed by atoms with Gasteiger partial charge in [0.2, 0.25) is 0 Å². The Morgan fingerprint density at radius 1 is 1.00 bits per heavy atom. The van der Waals surface area contributed by atoms with E-state index in [4.69, 9.17) is 5.73 Å². The van der Waals surface area contributed by atoms with Gasteiger partial charge in [0.25, 0.3) is 11.8 Å². The second-order valence-electron chi connectivity index (χ2n) is 6.85. The van der Waals surface area contributed by atoms with Gasteiger partial charge in [0.15, 0.2) is 5.96 Å². The molecule has 0 saturated heterocycles. The van der Waals surface area contributed by atoms with Gasteiger partial charge in [-0.1, -0.05) is 24.3 Å². The van der Waals surface area contributed by atoms with Crippen molar-refractivity contribution in [1.29, 1.82) is 0 Å². The highest BCUT2D eigenvalue weighted by molar-refractivity contribution is 14.0. The predicted octanol–water partition coefficient (Wildman–Crippen LogP) is 3.21. The van der Waals surface area contributed by atoms with Gasteiger partial charge in [-0.2, -0.15) is 0 Å². The first-order valence-corrected chi connectivity index (χ1v) is 9.28. The third-order valence-electron chi connectivity index (χ3n) is 5.14. The summed E-state index contributed by atoms with van der Waals surface area (Å²) in [6.45, 7) is 0.473. The number of carbonyl (C=O) groups excluding carboxylic acids is 2. The lowest BCUT2D eigenvalue weighted by molar-refractivity contribution is 0.0659. The molecule has 1 aliphatic carbocycles. The second kappa shape index (κ2) is 8.72. The van der Waals surface area contributed by atoms with E-state index < -0.39 is 0 Å². The highest BCUT2D eigenvalue weighted by Gasteiger charge is 2.34. The van der Waals surface area contributed by atoms with Crippen molar-refractivity contribution in [2.24, 2.45) is 10.7 Å². The van der Waals surface area contributed by atoms with Crippen molar-refractivity contribution in [3.05, 3.63) is 64.7 Å². The minimum Gasteiger partial charge on any atom is -0.370 e. The first-order chi connectivity index (χ1) is 13.1. The van der Waals surface area contributed by atoms with Crippen LogP contribution in [0.4, 0.5) is 5.69 Å². The van der Waals surface area contributed by atoms with Crippen molar-refractivity contribution in [3.63, 3.8) is 0 Å². The molecule has 0 bridgehead atoms. The number of halogens is 1. The molecule has 0 aromatic heterocycles. The van der Waals surface area contributed by atoms with Crippen LogP contribution in [-0.2, 0) is 12.8 Å². The molecule has 1 heterocycles. The van der Waals surface area contributed by atoms with E-state index in [1.54, 1.807) is 24.3 Å². The highest BCUT2D eigenvalue weighted by Crippen LogP contribution is 2.27. The summed E-state index contributed by atoms with van der Waals surface area (Å²) >= 11 is 0. The number of amides is 2. The Morgan fingerprint density at radius 3 is 2.39 bits per heavy atom. The maximum absolute atomic E-state index is 12.3. The summed E-state index contributed by atoms with van der Waals surface area (Å²) in [5.41, 5.74) is 10.6. The summed E-state index contributed by atoms with van der Waals surface area (Å²) in [5.74, 6) is -0.241. The molecule has 6 nitrogen and oxygen atoms in total. The van der Waals surface area contributed by atoms with Crippen LogP contribution in [0.5, 0.6) is 0 Å². The molecule has 7 heteroatoms. The van der Waals surface area contributed by atoms with Crippen LogP contribution in [0, 0.1) is 0 Å². The van der Waals surface area contributed by atoms with Crippen LogP contribution in [0.25, 0.3) is 0 Å². The Bertz CT molecular complexity index is 907. The number of fused-ring (bicyclic) bond motifs is 2. The lowest BCUT2D eigenvalue weighted by atomic mass is 9.90. The number of imide groups is 1. The normalized spacial score (nSPS) is 15.7.